The minimum absolute atomic E-state index is 0.309. The second kappa shape index (κ2) is 4.92. The van der Waals surface area contributed by atoms with Crippen LogP contribution in [0.1, 0.15) is 16.5 Å². The van der Waals surface area contributed by atoms with Gasteiger partial charge in [0.25, 0.3) is 0 Å². The molecule has 0 bridgehead atoms. The van der Waals surface area contributed by atoms with Gasteiger partial charge in [-0.15, -0.1) is 11.3 Å². The lowest BCUT2D eigenvalue weighted by Crippen LogP contribution is -2.14. The van der Waals surface area contributed by atoms with Crippen LogP contribution in [0.15, 0.2) is 42.0 Å². The Labute approximate surface area is 110 Å². The third-order valence-electron chi connectivity index (χ3n) is 3.23. The van der Waals surface area contributed by atoms with Crippen molar-refractivity contribution in [3.05, 3.63) is 52.6 Å². The number of nitrogens with one attached hydrogen (secondary N) is 1. The van der Waals surface area contributed by atoms with Gasteiger partial charge in [-0.3, -0.25) is 0 Å². The number of rotatable bonds is 4. The van der Waals surface area contributed by atoms with E-state index in [2.05, 4.69) is 34.4 Å². The average molecular weight is 257 g/mol. The molecule has 0 saturated heterocycles. The molecular weight excluding hydrogens is 242 g/mol. The highest BCUT2D eigenvalue weighted by Crippen LogP contribution is 2.26. The fourth-order valence-corrected chi connectivity index (χ4v) is 3.03. The van der Waals surface area contributed by atoms with E-state index >= 15 is 0 Å². The molecule has 3 N–H and O–H groups in total. The second-order valence-corrected chi connectivity index (χ2v) is 5.29. The van der Waals surface area contributed by atoms with E-state index < -0.39 is 0 Å². The minimum atomic E-state index is 0.309. The molecule has 0 amide bonds. The lowest BCUT2D eigenvalue weighted by Gasteiger charge is -2.10. The molecule has 3 aromatic rings. The van der Waals surface area contributed by atoms with Crippen LogP contribution in [0.3, 0.4) is 0 Å². The maximum Gasteiger partial charge on any atom is 0.0971 e. The summed E-state index contributed by atoms with van der Waals surface area (Å²) in [6, 6.07) is 8.36. The fourth-order valence-electron chi connectivity index (χ4n) is 2.27. The zero-order valence-corrected chi connectivity index (χ0v) is 10.8. The normalized spacial score (nSPS) is 12.9. The Morgan fingerprint density at radius 1 is 1.33 bits per heavy atom. The van der Waals surface area contributed by atoms with Crippen molar-refractivity contribution in [1.82, 2.24) is 9.97 Å². The third-order valence-corrected chi connectivity index (χ3v) is 4.16. The summed E-state index contributed by atoms with van der Waals surface area (Å²) in [5.74, 6) is 0.309. The van der Waals surface area contributed by atoms with Gasteiger partial charge in [-0.2, -0.15) is 0 Å². The molecule has 0 radical (unpaired) electrons. The lowest BCUT2D eigenvalue weighted by atomic mass is 9.99. The number of aromatic nitrogens is 2. The van der Waals surface area contributed by atoms with Crippen molar-refractivity contribution >= 4 is 22.2 Å². The Bertz CT molecular complexity index is 627. The summed E-state index contributed by atoms with van der Waals surface area (Å²) in [4.78, 5) is 7.68. The maximum absolute atomic E-state index is 5.88. The first kappa shape index (κ1) is 11.4. The molecule has 18 heavy (non-hydrogen) atoms. The van der Waals surface area contributed by atoms with E-state index in [4.69, 9.17) is 5.73 Å². The van der Waals surface area contributed by atoms with Crippen LogP contribution in [0.5, 0.6) is 0 Å². The van der Waals surface area contributed by atoms with Gasteiger partial charge in [0.1, 0.15) is 0 Å². The van der Waals surface area contributed by atoms with Gasteiger partial charge in [0.15, 0.2) is 0 Å². The van der Waals surface area contributed by atoms with Gasteiger partial charge in [0.05, 0.1) is 5.01 Å². The first-order chi connectivity index (χ1) is 8.88. The van der Waals surface area contributed by atoms with Crippen molar-refractivity contribution < 1.29 is 0 Å². The largest absolute Gasteiger partial charge is 0.361 e. The van der Waals surface area contributed by atoms with Crippen molar-refractivity contribution in [1.29, 1.82) is 0 Å². The highest BCUT2D eigenvalue weighted by molar-refractivity contribution is 7.09. The van der Waals surface area contributed by atoms with Crippen LogP contribution in [0.4, 0.5) is 0 Å². The molecule has 0 fully saturated rings. The molecule has 0 aliphatic heterocycles. The van der Waals surface area contributed by atoms with E-state index in [0.29, 0.717) is 12.5 Å². The number of benzene rings is 1. The van der Waals surface area contributed by atoms with Crippen LogP contribution in [0.25, 0.3) is 10.9 Å². The highest BCUT2D eigenvalue weighted by atomic mass is 32.1. The van der Waals surface area contributed by atoms with E-state index in [-0.39, 0.29) is 0 Å². The number of hydrogen-bond acceptors (Lipinski definition) is 3. The van der Waals surface area contributed by atoms with Crippen LogP contribution in [-0.4, -0.2) is 16.5 Å². The first-order valence-electron chi connectivity index (χ1n) is 6.03. The summed E-state index contributed by atoms with van der Waals surface area (Å²) in [5.41, 5.74) is 8.38. The predicted octanol–water partition coefficient (Wildman–Crippen LogP) is 2.91. The number of nitrogens with zero attached hydrogens (tertiary/aromatic N) is 1. The molecule has 3 nitrogen and oxygen atoms in total. The molecule has 1 atom stereocenters. The first-order valence-corrected chi connectivity index (χ1v) is 6.91. The van der Waals surface area contributed by atoms with E-state index in [9.17, 15) is 0 Å². The van der Waals surface area contributed by atoms with E-state index in [1.165, 1.54) is 16.5 Å². The molecule has 0 saturated carbocycles. The highest BCUT2D eigenvalue weighted by Gasteiger charge is 2.15. The Hall–Kier alpha value is -1.65. The van der Waals surface area contributed by atoms with Crippen LogP contribution in [0, 0.1) is 0 Å². The summed E-state index contributed by atoms with van der Waals surface area (Å²) >= 11 is 1.68. The molecule has 2 aromatic heterocycles. The molecule has 1 unspecified atom stereocenters. The number of fused-ring (bicyclic) bond motifs is 1. The second-order valence-electron chi connectivity index (χ2n) is 4.37. The zero-order chi connectivity index (χ0) is 12.4. The van der Waals surface area contributed by atoms with Crippen LogP contribution < -0.4 is 5.73 Å². The number of thiazole rings is 1. The predicted molar refractivity (Wildman–Crippen MR) is 75.9 cm³/mol. The van der Waals surface area contributed by atoms with Gasteiger partial charge in [-0.1, -0.05) is 18.2 Å². The van der Waals surface area contributed by atoms with Gasteiger partial charge >= 0.3 is 0 Å². The molecule has 1 aromatic carbocycles. The van der Waals surface area contributed by atoms with Crippen molar-refractivity contribution in [2.75, 3.05) is 6.54 Å². The number of H-pyrrole nitrogens is 1. The summed E-state index contributed by atoms with van der Waals surface area (Å²) in [6.45, 7) is 0.632. The van der Waals surface area contributed by atoms with Crippen LogP contribution in [-0.2, 0) is 6.42 Å². The van der Waals surface area contributed by atoms with Crippen LogP contribution in [0.2, 0.25) is 0 Å². The Balaban J connectivity index is 1.91. The quantitative estimate of drug-likeness (QED) is 0.755. The zero-order valence-electron chi connectivity index (χ0n) is 9.97. The molecule has 0 aliphatic carbocycles. The Kier molecular flexibility index (Phi) is 3.13. The minimum Gasteiger partial charge on any atom is -0.361 e. The van der Waals surface area contributed by atoms with Gasteiger partial charge in [0.2, 0.25) is 0 Å². The third kappa shape index (κ3) is 2.05. The number of para-hydroxylation sites is 1. The lowest BCUT2D eigenvalue weighted by molar-refractivity contribution is 0.691. The summed E-state index contributed by atoms with van der Waals surface area (Å²) in [5, 5.41) is 4.42. The smallest absolute Gasteiger partial charge is 0.0971 e. The maximum atomic E-state index is 5.88. The average Bonchev–Trinajstić information content (AvgIpc) is 3.06. The van der Waals surface area contributed by atoms with Crippen molar-refractivity contribution in [3.8, 4) is 0 Å². The molecule has 4 heteroatoms. The van der Waals surface area contributed by atoms with Crippen molar-refractivity contribution in [2.24, 2.45) is 5.73 Å². The van der Waals surface area contributed by atoms with Gasteiger partial charge in [-0.05, 0) is 18.1 Å². The number of aromatic amines is 1. The monoisotopic (exact) mass is 257 g/mol. The number of nitrogens with two attached hydrogens (primary N) is 1. The van der Waals surface area contributed by atoms with E-state index in [1.54, 1.807) is 11.3 Å². The fraction of sp³-hybridized carbons (Fsp3) is 0.214. The molecule has 2 heterocycles. The molecule has 0 aliphatic rings. The molecular formula is C14H15N3S. The summed E-state index contributed by atoms with van der Waals surface area (Å²) in [7, 11) is 0. The summed E-state index contributed by atoms with van der Waals surface area (Å²) in [6.07, 6.45) is 4.87. The number of hydrogen-bond donors (Lipinski definition) is 2. The standard InChI is InChI=1S/C14H15N3S/c15-8-10(14-16-5-6-18-14)7-11-9-17-13-4-2-1-3-12(11)13/h1-6,9-10,17H,7-8,15H2. The molecule has 3 rings (SSSR count). The van der Waals surface area contributed by atoms with E-state index in [1.807, 2.05) is 17.6 Å². The topological polar surface area (TPSA) is 54.7 Å². The SMILES string of the molecule is NCC(Cc1c[nH]c2ccccc12)c1nccs1. The Morgan fingerprint density at radius 2 is 2.22 bits per heavy atom. The van der Waals surface area contributed by atoms with Gasteiger partial charge in [-0.25, -0.2) is 4.98 Å². The molecule has 92 valence electrons. The van der Waals surface area contributed by atoms with Crippen molar-refractivity contribution in [2.45, 2.75) is 12.3 Å². The van der Waals surface area contributed by atoms with Gasteiger partial charge < -0.3 is 10.7 Å². The van der Waals surface area contributed by atoms with Gasteiger partial charge in [0, 0.05) is 41.1 Å². The summed E-state index contributed by atoms with van der Waals surface area (Å²) < 4.78 is 0. The van der Waals surface area contributed by atoms with Crippen LogP contribution >= 0.6 is 11.3 Å². The molecule has 0 spiro atoms. The Morgan fingerprint density at radius 3 is 3.00 bits per heavy atom. The van der Waals surface area contributed by atoms with Crippen molar-refractivity contribution in [3.63, 3.8) is 0 Å². The van der Waals surface area contributed by atoms with E-state index in [0.717, 1.165) is 11.4 Å².